The molecule has 0 fully saturated rings. The smallest absolute Gasteiger partial charge is 0.274 e. The van der Waals surface area contributed by atoms with Gasteiger partial charge in [0.1, 0.15) is 6.33 Å². The van der Waals surface area contributed by atoms with Crippen molar-refractivity contribution < 1.29 is 8.42 Å². The molecule has 1 aromatic carbocycles. The lowest BCUT2D eigenvalue weighted by atomic mass is 10.3. The van der Waals surface area contributed by atoms with Crippen molar-refractivity contribution in [1.82, 2.24) is 15.2 Å². The van der Waals surface area contributed by atoms with Gasteiger partial charge in [0.25, 0.3) is 15.2 Å². The van der Waals surface area contributed by atoms with Gasteiger partial charge in [0.15, 0.2) is 0 Å². The first-order chi connectivity index (χ1) is 8.00. The van der Waals surface area contributed by atoms with Crippen molar-refractivity contribution in [1.29, 1.82) is 0 Å². The molecule has 0 aliphatic carbocycles. The van der Waals surface area contributed by atoms with Gasteiger partial charge in [-0.1, -0.05) is 29.3 Å². The summed E-state index contributed by atoms with van der Waals surface area (Å²) in [4.78, 5) is 3.54. The van der Waals surface area contributed by atoms with E-state index in [1.807, 2.05) is 0 Å². The average Bonchev–Trinajstić information content (AvgIpc) is 2.77. The fourth-order valence-electron chi connectivity index (χ4n) is 1.10. The minimum absolute atomic E-state index is 0.104. The highest BCUT2D eigenvalue weighted by Gasteiger charge is 2.20. The molecule has 2 rings (SSSR count). The van der Waals surface area contributed by atoms with Gasteiger partial charge in [0, 0.05) is 0 Å². The van der Waals surface area contributed by atoms with Crippen LogP contribution in [0.2, 0.25) is 10.0 Å². The number of sulfonamides is 1. The maximum absolute atomic E-state index is 11.8. The number of H-pyrrole nitrogens is 1. The molecule has 0 spiro atoms. The average molecular weight is 293 g/mol. The second-order valence-corrected chi connectivity index (χ2v) is 5.40. The second kappa shape index (κ2) is 4.52. The molecule has 0 aliphatic heterocycles. The van der Waals surface area contributed by atoms with Crippen molar-refractivity contribution in [3.63, 3.8) is 0 Å². The molecule has 2 N–H and O–H groups in total. The minimum atomic E-state index is -3.86. The predicted molar refractivity (Wildman–Crippen MR) is 63.7 cm³/mol. The van der Waals surface area contributed by atoms with E-state index in [0.717, 1.165) is 6.33 Å². The first-order valence-electron chi connectivity index (χ1n) is 4.33. The number of halogens is 2. The predicted octanol–water partition coefficient (Wildman–Crippen LogP) is 1.91. The molecule has 90 valence electrons. The lowest BCUT2D eigenvalue weighted by Gasteiger charge is -2.08. The highest BCUT2D eigenvalue weighted by atomic mass is 35.5. The molecule has 17 heavy (non-hydrogen) atoms. The zero-order valence-corrected chi connectivity index (χ0v) is 10.5. The van der Waals surface area contributed by atoms with Crippen LogP contribution in [0.4, 0.5) is 5.69 Å². The fraction of sp³-hybridized carbons (Fsp3) is 0. The summed E-state index contributed by atoms with van der Waals surface area (Å²) in [5, 5.41) is 5.77. The number of hydrogen-bond acceptors (Lipinski definition) is 4. The van der Waals surface area contributed by atoms with Crippen molar-refractivity contribution in [3.05, 3.63) is 34.6 Å². The van der Waals surface area contributed by atoms with E-state index in [0.29, 0.717) is 0 Å². The summed E-state index contributed by atoms with van der Waals surface area (Å²) >= 11 is 11.7. The van der Waals surface area contributed by atoms with E-state index >= 15 is 0 Å². The third kappa shape index (κ3) is 2.51. The molecule has 6 nitrogen and oxygen atoms in total. The first-order valence-corrected chi connectivity index (χ1v) is 6.57. The van der Waals surface area contributed by atoms with Crippen LogP contribution in [0, 0.1) is 0 Å². The molecule has 1 heterocycles. The number of aromatic amines is 1. The molecular weight excluding hydrogens is 287 g/mol. The number of rotatable bonds is 3. The number of anilines is 1. The second-order valence-electron chi connectivity index (χ2n) is 2.99. The summed E-state index contributed by atoms with van der Waals surface area (Å²) in [6, 6.07) is 4.65. The summed E-state index contributed by atoms with van der Waals surface area (Å²) in [6.07, 6.45) is 1.09. The normalized spacial score (nSPS) is 11.4. The van der Waals surface area contributed by atoms with Crippen LogP contribution < -0.4 is 4.72 Å². The van der Waals surface area contributed by atoms with Crippen molar-refractivity contribution >= 4 is 38.9 Å². The number of aromatic nitrogens is 3. The lowest BCUT2D eigenvalue weighted by Crippen LogP contribution is -2.15. The summed E-state index contributed by atoms with van der Waals surface area (Å²) in [7, 11) is -3.86. The van der Waals surface area contributed by atoms with Gasteiger partial charge < -0.3 is 0 Å². The summed E-state index contributed by atoms with van der Waals surface area (Å²) in [6.45, 7) is 0. The highest BCUT2D eigenvalue weighted by molar-refractivity contribution is 7.92. The highest BCUT2D eigenvalue weighted by Crippen LogP contribution is 2.31. The number of benzene rings is 1. The van der Waals surface area contributed by atoms with Crippen LogP contribution in [0.3, 0.4) is 0 Å². The largest absolute Gasteiger partial charge is 0.297 e. The molecular formula is C8H6Cl2N4O2S. The van der Waals surface area contributed by atoms with Crippen LogP contribution >= 0.6 is 23.2 Å². The number of nitrogens with one attached hydrogen (secondary N) is 2. The fourth-order valence-corrected chi connectivity index (χ4v) is 2.65. The topological polar surface area (TPSA) is 87.7 Å². The quantitative estimate of drug-likeness (QED) is 0.904. The van der Waals surface area contributed by atoms with E-state index in [1.165, 1.54) is 12.1 Å². The third-order valence-corrected chi connectivity index (χ3v) is 3.66. The maximum Gasteiger partial charge on any atom is 0.297 e. The van der Waals surface area contributed by atoms with E-state index < -0.39 is 10.0 Å². The minimum Gasteiger partial charge on any atom is -0.274 e. The van der Waals surface area contributed by atoms with Gasteiger partial charge in [-0.3, -0.25) is 4.72 Å². The van der Waals surface area contributed by atoms with Crippen LogP contribution in [0.1, 0.15) is 0 Å². The van der Waals surface area contributed by atoms with Crippen LogP contribution in [-0.2, 0) is 10.0 Å². The monoisotopic (exact) mass is 292 g/mol. The molecule has 0 radical (unpaired) electrons. The van der Waals surface area contributed by atoms with Crippen LogP contribution in [-0.4, -0.2) is 23.6 Å². The summed E-state index contributed by atoms with van der Waals surface area (Å²) < 4.78 is 25.8. The van der Waals surface area contributed by atoms with Gasteiger partial charge >= 0.3 is 0 Å². The van der Waals surface area contributed by atoms with E-state index in [1.54, 1.807) is 6.07 Å². The van der Waals surface area contributed by atoms with Gasteiger partial charge in [0.05, 0.1) is 15.7 Å². The van der Waals surface area contributed by atoms with Gasteiger partial charge in [-0.15, -0.1) is 0 Å². The van der Waals surface area contributed by atoms with Crippen LogP contribution in [0.25, 0.3) is 0 Å². The molecule has 0 saturated carbocycles. The van der Waals surface area contributed by atoms with E-state index in [2.05, 4.69) is 19.9 Å². The summed E-state index contributed by atoms with van der Waals surface area (Å²) in [5.74, 6) is 0. The maximum atomic E-state index is 11.8. The Kier molecular flexibility index (Phi) is 3.23. The molecule has 0 saturated heterocycles. The Bertz CT molecular complexity index is 607. The Morgan fingerprint density at radius 2 is 1.88 bits per heavy atom. The molecule has 0 bridgehead atoms. The Hall–Kier alpha value is -1.31. The standard InChI is InChI=1S/C8H6Cl2N4O2S/c9-5-2-1-3-6(10)7(5)14-17(15,16)8-11-4-12-13-8/h1-4,14H,(H,11,12,13). The Labute approximate surface area is 107 Å². The van der Waals surface area contributed by atoms with E-state index in [9.17, 15) is 8.42 Å². The molecule has 0 unspecified atom stereocenters. The molecule has 0 amide bonds. The molecule has 2 aromatic rings. The Morgan fingerprint density at radius 1 is 1.24 bits per heavy atom. The number of hydrogen-bond donors (Lipinski definition) is 2. The lowest BCUT2D eigenvalue weighted by molar-refractivity contribution is 0.593. The van der Waals surface area contributed by atoms with Crippen molar-refractivity contribution in [2.24, 2.45) is 0 Å². The zero-order valence-electron chi connectivity index (χ0n) is 8.18. The van der Waals surface area contributed by atoms with Gasteiger partial charge in [-0.2, -0.15) is 13.5 Å². The third-order valence-electron chi connectivity index (χ3n) is 1.85. The molecule has 1 aromatic heterocycles. The molecule has 0 atom stereocenters. The van der Waals surface area contributed by atoms with Crippen molar-refractivity contribution in [2.45, 2.75) is 5.16 Å². The van der Waals surface area contributed by atoms with Gasteiger partial charge in [-0.25, -0.2) is 10.1 Å². The van der Waals surface area contributed by atoms with Crippen LogP contribution in [0.15, 0.2) is 29.7 Å². The number of nitrogens with zero attached hydrogens (tertiary/aromatic N) is 2. The van der Waals surface area contributed by atoms with Crippen molar-refractivity contribution in [2.75, 3.05) is 4.72 Å². The first kappa shape index (κ1) is 12.2. The molecule has 0 aliphatic rings. The summed E-state index contributed by atoms with van der Waals surface area (Å²) in [5.41, 5.74) is 0.104. The molecule has 9 heteroatoms. The van der Waals surface area contributed by atoms with Gasteiger partial charge in [0.2, 0.25) is 0 Å². The zero-order chi connectivity index (χ0) is 12.5. The Balaban J connectivity index is 2.40. The van der Waals surface area contributed by atoms with Crippen molar-refractivity contribution in [3.8, 4) is 0 Å². The SMILES string of the molecule is O=S(=O)(Nc1c(Cl)cccc1Cl)c1ncn[nH]1. The van der Waals surface area contributed by atoms with E-state index in [4.69, 9.17) is 23.2 Å². The van der Waals surface area contributed by atoms with Crippen LogP contribution in [0.5, 0.6) is 0 Å². The number of para-hydroxylation sites is 1. The van der Waals surface area contributed by atoms with E-state index in [-0.39, 0.29) is 20.9 Å². The van der Waals surface area contributed by atoms with Gasteiger partial charge in [-0.05, 0) is 12.1 Å². The Morgan fingerprint density at radius 3 is 2.41 bits per heavy atom.